The molecule has 41 heavy (non-hydrogen) atoms. The van der Waals surface area contributed by atoms with E-state index >= 15 is 0 Å². The number of hydrogen-bond acceptors (Lipinski definition) is 7. The van der Waals surface area contributed by atoms with Crippen LogP contribution in [0.25, 0.3) is 11.3 Å². The lowest BCUT2D eigenvalue weighted by atomic mass is 10.0. The van der Waals surface area contributed by atoms with Gasteiger partial charge in [0.05, 0.1) is 11.3 Å². The number of anilines is 2. The van der Waals surface area contributed by atoms with Crippen LogP contribution in [0, 0.1) is 6.92 Å². The molecule has 0 aliphatic carbocycles. The molecular weight excluding hydrogens is 559 g/mol. The molecule has 1 unspecified atom stereocenters. The Morgan fingerprint density at radius 2 is 1.71 bits per heavy atom. The van der Waals surface area contributed by atoms with Gasteiger partial charge in [0.1, 0.15) is 17.2 Å². The Kier molecular flexibility index (Phi) is 8.21. The summed E-state index contributed by atoms with van der Waals surface area (Å²) in [5.74, 6) is 0.104. The summed E-state index contributed by atoms with van der Waals surface area (Å²) in [6.45, 7) is 10.0. The van der Waals surface area contributed by atoms with Crippen molar-refractivity contribution in [2.24, 2.45) is 0 Å². The number of carbonyl (C=O) groups is 1. The highest BCUT2D eigenvalue weighted by Gasteiger charge is 2.36. The number of piperazine rings is 1. The van der Waals surface area contributed by atoms with E-state index in [1.165, 1.54) is 18.2 Å². The van der Waals surface area contributed by atoms with Crippen LogP contribution in [-0.4, -0.2) is 60.7 Å². The Balaban J connectivity index is 1.57. The fourth-order valence-electron chi connectivity index (χ4n) is 4.47. The smallest absolute Gasteiger partial charge is 0.418 e. The van der Waals surface area contributed by atoms with E-state index < -0.39 is 33.5 Å². The molecule has 1 saturated heterocycles. The summed E-state index contributed by atoms with van der Waals surface area (Å²) in [5, 5.41) is -0.323. The number of rotatable bonds is 5. The average Bonchev–Trinajstić information content (AvgIpc) is 2.87. The molecule has 1 atom stereocenters. The van der Waals surface area contributed by atoms with E-state index in [1.54, 1.807) is 56.9 Å². The highest BCUT2D eigenvalue weighted by atomic mass is 32.2. The molecule has 1 fully saturated rings. The minimum absolute atomic E-state index is 0.227. The summed E-state index contributed by atoms with van der Waals surface area (Å²) in [4.78, 5) is 24.4. The predicted octanol–water partition coefficient (Wildman–Crippen LogP) is 5.72. The van der Waals surface area contributed by atoms with Crippen molar-refractivity contribution in [3.05, 3.63) is 65.7 Å². The Hall–Kier alpha value is -3.87. The third-order valence-electron chi connectivity index (χ3n) is 6.40. The number of amides is 1. The maximum absolute atomic E-state index is 13.8. The molecular formula is C28H32F3N5O4S. The number of nitrogens with zero attached hydrogens (tertiary/aromatic N) is 4. The molecule has 0 spiro atoms. The van der Waals surface area contributed by atoms with Crippen LogP contribution in [0.5, 0.6) is 0 Å². The molecule has 4 rings (SSSR count). The van der Waals surface area contributed by atoms with Gasteiger partial charge >= 0.3 is 12.3 Å². The second kappa shape index (κ2) is 11.2. The van der Waals surface area contributed by atoms with Gasteiger partial charge in [0.25, 0.3) is 10.0 Å². The number of carbonyl (C=O) groups excluding carboxylic acids is 1. The zero-order chi connectivity index (χ0) is 30.2. The molecule has 2 aromatic heterocycles. The van der Waals surface area contributed by atoms with Gasteiger partial charge in [-0.3, -0.25) is 4.72 Å². The van der Waals surface area contributed by atoms with Gasteiger partial charge in [0, 0.05) is 31.2 Å². The first-order valence-electron chi connectivity index (χ1n) is 12.9. The first-order valence-corrected chi connectivity index (χ1v) is 14.4. The van der Waals surface area contributed by atoms with Crippen molar-refractivity contribution >= 4 is 27.8 Å². The first-order chi connectivity index (χ1) is 19.0. The van der Waals surface area contributed by atoms with Gasteiger partial charge in [0.15, 0.2) is 5.03 Å². The summed E-state index contributed by atoms with van der Waals surface area (Å²) in [6, 6.07) is 12.5. The van der Waals surface area contributed by atoms with E-state index in [-0.39, 0.29) is 28.1 Å². The number of halogens is 3. The largest absolute Gasteiger partial charge is 0.444 e. The number of nitrogens with one attached hydrogen (secondary N) is 1. The topological polar surface area (TPSA) is 105 Å². The summed E-state index contributed by atoms with van der Waals surface area (Å²) in [7, 11) is -4.31. The van der Waals surface area contributed by atoms with Crippen molar-refractivity contribution in [1.29, 1.82) is 0 Å². The molecule has 220 valence electrons. The van der Waals surface area contributed by atoms with Gasteiger partial charge in [-0.2, -0.15) is 21.6 Å². The normalized spacial score (nSPS) is 16.4. The van der Waals surface area contributed by atoms with E-state index in [2.05, 4.69) is 14.7 Å². The molecule has 1 aliphatic rings. The van der Waals surface area contributed by atoms with E-state index in [0.29, 0.717) is 31.0 Å². The molecule has 1 aliphatic heterocycles. The first kappa shape index (κ1) is 30.1. The van der Waals surface area contributed by atoms with Crippen molar-refractivity contribution < 1.29 is 31.1 Å². The van der Waals surface area contributed by atoms with Crippen LogP contribution in [0.1, 0.15) is 38.8 Å². The molecule has 9 nitrogen and oxygen atoms in total. The van der Waals surface area contributed by atoms with Gasteiger partial charge in [-0.05, 0) is 64.4 Å². The molecule has 3 heterocycles. The number of pyridine rings is 2. The van der Waals surface area contributed by atoms with Gasteiger partial charge in [-0.25, -0.2) is 14.8 Å². The molecule has 0 saturated carbocycles. The van der Waals surface area contributed by atoms with E-state index in [1.807, 2.05) is 11.8 Å². The van der Waals surface area contributed by atoms with Crippen molar-refractivity contribution in [2.75, 3.05) is 29.3 Å². The minimum atomic E-state index is -4.69. The Morgan fingerprint density at radius 1 is 1.00 bits per heavy atom. The second-order valence-electron chi connectivity index (χ2n) is 10.8. The monoisotopic (exact) mass is 591 g/mol. The molecule has 1 aromatic carbocycles. The van der Waals surface area contributed by atoms with E-state index in [0.717, 1.165) is 12.1 Å². The van der Waals surface area contributed by atoms with Crippen LogP contribution >= 0.6 is 0 Å². The van der Waals surface area contributed by atoms with Gasteiger partial charge < -0.3 is 14.5 Å². The van der Waals surface area contributed by atoms with Crippen LogP contribution in [0.2, 0.25) is 0 Å². The van der Waals surface area contributed by atoms with Crippen molar-refractivity contribution in [3.8, 4) is 11.3 Å². The fraction of sp³-hybridized carbons (Fsp3) is 0.393. The molecule has 13 heteroatoms. The fourth-order valence-corrected chi connectivity index (χ4v) is 5.43. The third-order valence-corrected chi connectivity index (χ3v) is 7.66. The molecule has 1 amide bonds. The lowest BCUT2D eigenvalue weighted by molar-refractivity contribution is -0.137. The maximum Gasteiger partial charge on any atom is 0.418 e. The van der Waals surface area contributed by atoms with Crippen LogP contribution in [0.15, 0.2) is 59.6 Å². The Labute approximate surface area is 237 Å². The van der Waals surface area contributed by atoms with Crippen LogP contribution in [-0.2, 0) is 20.9 Å². The van der Waals surface area contributed by atoms with Crippen molar-refractivity contribution in [2.45, 2.75) is 57.5 Å². The summed E-state index contributed by atoms with van der Waals surface area (Å²) < 4.78 is 75.5. The van der Waals surface area contributed by atoms with Crippen LogP contribution in [0.4, 0.5) is 29.6 Å². The quantitative estimate of drug-likeness (QED) is 0.405. The van der Waals surface area contributed by atoms with Gasteiger partial charge in [-0.1, -0.05) is 30.3 Å². The van der Waals surface area contributed by atoms with Crippen LogP contribution in [0.3, 0.4) is 0 Å². The number of aryl methyl sites for hydroxylation is 1. The lowest BCUT2D eigenvalue weighted by Crippen LogP contribution is -2.55. The molecule has 3 aromatic rings. The Bertz CT molecular complexity index is 1540. The Morgan fingerprint density at radius 3 is 2.34 bits per heavy atom. The summed E-state index contributed by atoms with van der Waals surface area (Å²) in [6.07, 6.45) is -5.12. The van der Waals surface area contributed by atoms with Crippen LogP contribution < -0.4 is 9.62 Å². The molecule has 0 bridgehead atoms. The molecule has 0 radical (unpaired) electrons. The number of ether oxygens (including phenoxy) is 1. The number of sulfonamides is 1. The minimum Gasteiger partial charge on any atom is -0.444 e. The maximum atomic E-state index is 13.8. The lowest BCUT2D eigenvalue weighted by Gasteiger charge is -2.40. The number of hydrogen-bond donors (Lipinski definition) is 1. The number of benzene rings is 1. The van der Waals surface area contributed by atoms with Gasteiger partial charge in [0.2, 0.25) is 0 Å². The molecule has 1 N–H and O–H groups in total. The van der Waals surface area contributed by atoms with E-state index in [9.17, 15) is 26.4 Å². The standard InChI is InChI=1S/C28H32F3N5O4S/c1-18-9-6-7-10-20(18)25-21(28(29,30)31)13-14-22(32-25)34-41(38,39)24-12-8-11-23(33-24)35-15-16-36(19(2)17-35)26(37)40-27(3,4)5/h6-14,19H,15-17H2,1-5H3,(H,32,34). The number of alkyl halides is 3. The SMILES string of the molecule is Cc1ccccc1-c1nc(NS(=O)(=O)c2cccc(N3CCN(C(=O)OC(C)(C)C)C(C)C3)n2)ccc1C(F)(F)F. The zero-order valence-corrected chi connectivity index (χ0v) is 24.2. The zero-order valence-electron chi connectivity index (χ0n) is 23.4. The van der Waals surface area contributed by atoms with Crippen molar-refractivity contribution in [1.82, 2.24) is 14.9 Å². The summed E-state index contributed by atoms with van der Waals surface area (Å²) >= 11 is 0. The van der Waals surface area contributed by atoms with E-state index in [4.69, 9.17) is 4.74 Å². The summed E-state index contributed by atoms with van der Waals surface area (Å²) in [5.41, 5.74) is -1.20. The highest BCUT2D eigenvalue weighted by Crippen LogP contribution is 2.38. The van der Waals surface area contributed by atoms with Gasteiger partial charge in [-0.15, -0.1) is 0 Å². The predicted molar refractivity (Wildman–Crippen MR) is 149 cm³/mol. The number of aromatic nitrogens is 2. The third kappa shape index (κ3) is 7.07. The van der Waals surface area contributed by atoms with Crippen molar-refractivity contribution in [3.63, 3.8) is 0 Å². The average molecular weight is 592 g/mol. The second-order valence-corrected chi connectivity index (χ2v) is 12.4. The highest BCUT2D eigenvalue weighted by molar-refractivity contribution is 7.92.